The molecule has 0 spiro atoms. The zero-order valence-electron chi connectivity index (χ0n) is 10.9. The van der Waals surface area contributed by atoms with Crippen molar-refractivity contribution in [1.82, 2.24) is 14.9 Å². The zero-order valence-corrected chi connectivity index (χ0v) is 10.9. The lowest BCUT2D eigenvalue weighted by Gasteiger charge is -2.18. The van der Waals surface area contributed by atoms with Crippen molar-refractivity contribution in [3.05, 3.63) is 17.0 Å². The number of amides is 1. The summed E-state index contributed by atoms with van der Waals surface area (Å²) in [6.07, 6.45) is -0.966. The second kappa shape index (κ2) is 4.99. The fourth-order valence-electron chi connectivity index (χ4n) is 1.32. The molecule has 1 amide bonds. The van der Waals surface area contributed by atoms with Crippen LogP contribution >= 0.6 is 0 Å². The lowest BCUT2D eigenvalue weighted by Crippen LogP contribution is -2.26. The Bertz CT molecular complexity index is 432. The summed E-state index contributed by atoms with van der Waals surface area (Å²) < 4.78 is 0. The number of nitrogens with zero attached hydrogens (tertiary/aromatic N) is 4. The van der Waals surface area contributed by atoms with Crippen molar-refractivity contribution < 1.29 is 9.90 Å². The SMILES string of the molecule is Cc1nc(N(C)C)nc(CN(C)C(=O)O)c1C. The van der Waals surface area contributed by atoms with Gasteiger partial charge in [-0.1, -0.05) is 0 Å². The third kappa shape index (κ3) is 3.05. The molecule has 0 fully saturated rings. The van der Waals surface area contributed by atoms with Crippen LogP contribution in [-0.2, 0) is 6.54 Å². The highest BCUT2D eigenvalue weighted by molar-refractivity contribution is 5.64. The lowest BCUT2D eigenvalue weighted by atomic mass is 10.2. The van der Waals surface area contributed by atoms with Crippen molar-refractivity contribution in [2.24, 2.45) is 0 Å². The average molecular weight is 238 g/mol. The molecule has 0 radical (unpaired) electrons. The third-order valence-corrected chi connectivity index (χ3v) is 2.59. The van der Waals surface area contributed by atoms with Gasteiger partial charge in [0.2, 0.25) is 5.95 Å². The Labute approximate surface area is 101 Å². The second-order valence-corrected chi connectivity index (χ2v) is 4.21. The van der Waals surface area contributed by atoms with E-state index in [0.29, 0.717) is 5.95 Å². The highest BCUT2D eigenvalue weighted by atomic mass is 16.4. The van der Waals surface area contributed by atoms with E-state index in [1.165, 1.54) is 11.9 Å². The first kappa shape index (κ1) is 13.2. The van der Waals surface area contributed by atoms with E-state index in [4.69, 9.17) is 5.11 Å². The molecule has 0 atom stereocenters. The van der Waals surface area contributed by atoms with Crippen LogP contribution in [0.3, 0.4) is 0 Å². The number of aromatic nitrogens is 2. The van der Waals surface area contributed by atoms with Gasteiger partial charge in [-0.15, -0.1) is 0 Å². The van der Waals surface area contributed by atoms with Gasteiger partial charge in [-0.05, 0) is 19.4 Å². The fourth-order valence-corrected chi connectivity index (χ4v) is 1.32. The van der Waals surface area contributed by atoms with E-state index < -0.39 is 6.09 Å². The Morgan fingerprint density at radius 2 is 1.82 bits per heavy atom. The van der Waals surface area contributed by atoms with Crippen LogP contribution in [0.25, 0.3) is 0 Å². The largest absolute Gasteiger partial charge is 0.465 e. The molecule has 17 heavy (non-hydrogen) atoms. The molecule has 1 N–H and O–H groups in total. The maximum absolute atomic E-state index is 10.8. The molecule has 6 heteroatoms. The molecule has 0 unspecified atom stereocenters. The molecule has 1 aromatic heterocycles. The minimum Gasteiger partial charge on any atom is -0.465 e. The first-order valence-corrected chi connectivity index (χ1v) is 5.28. The minimum atomic E-state index is -0.966. The predicted octanol–water partition coefficient (Wildman–Crippen LogP) is 1.27. The summed E-state index contributed by atoms with van der Waals surface area (Å²) in [5.41, 5.74) is 2.55. The van der Waals surface area contributed by atoms with Crippen LogP contribution in [0.2, 0.25) is 0 Å². The van der Waals surface area contributed by atoms with Crippen LogP contribution < -0.4 is 4.90 Å². The molecule has 94 valence electrons. The van der Waals surface area contributed by atoms with Crippen LogP contribution in [0.4, 0.5) is 10.7 Å². The van der Waals surface area contributed by atoms with Crippen molar-refractivity contribution >= 4 is 12.0 Å². The van der Waals surface area contributed by atoms with Crippen molar-refractivity contribution in [2.75, 3.05) is 26.0 Å². The Kier molecular flexibility index (Phi) is 3.88. The number of carboxylic acid groups (broad SMARTS) is 1. The van der Waals surface area contributed by atoms with E-state index in [9.17, 15) is 4.79 Å². The molecule has 0 aromatic carbocycles. The molecule has 0 aliphatic carbocycles. The molecule has 0 aliphatic heterocycles. The van der Waals surface area contributed by atoms with Crippen LogP contribution in [0.5, 0.6) is 0 Å². The van der Waals surface area contributed by atoms with Crippen LogP contribution in [0, 0.1) is 13.8 Å². The zero-order chi connectivity index (χ0) is 13.2. The molecule has 1 aromatic rings. The molecule has 0 bridgehead atoms. The van der Waals surface area contributed by atoms with E-state index in [1.807, 2.05) is 27.9 Å². The van der Waals surface area contributed by atoms with Gasteiger partial charge in [0.1, 0.15) is 0 Å². The van der Waals surface area contributed by atoms with Gasteiger partial charge in [-0.25, -0.2) is 14.8 Å². The van der Waals surface area contributed by atoms with E-state index in [0.717, 1.165) is 17.0 Å². The second-order valence-electron chi connectivity index (χ2n) is 4.21. The molecule has 0 saturated carbocycles. The maximum Gasteiger partial charge on any atom is 0.407 e. The first-order valence-electron chi connectivity index (χ1n) is 5.28. The number of carbonyl (C=O) groups is 1. The Balaban J connectivity index is 3.09. The minimum absolute atomic E-state index is 0.269. The molecular formula is C11H18N4O2. The van der Waals surface area contributed by atoms with Crippen molar-refractivity contribution in [3.8, 4) is 0 Å². The number of anilines is 1. The van der Waals surface area contributed by atoms with Gasteiger partial charge in [-0.3, -0.25) is 0 Å². The van der Waals surface area contributed by atoms with Crippen LogP contribution in [-0.4, -0.2) is 47.2 Å². The maximum atomic E-state index is 10.8. The highest BCUT2D eigenvalue weighted by Crippen LogP contribution is 2.15. The highest BCUT2D eigenvalue weighted by Gasteiger charge is 2.13. The van der Waals surface area contributed by atoms with Gasteiger partial charge in [0.15, 0.2) is 0 Å². The molecule has 1 rings (SSSR count). The normalized spacial score (nSPS) is 10.2. The summed E-state index contributed by atoms with van der Waals surface area (Å²) in [4.78, 5) is 22.5. The van der Waals surface area contributed by atoms with E-state index in [2.05, 4.69) is 9.97 Å². The van der Waals surface area contributed by atoms with Gasteiger partial charge < -0.3 is 14.9 Å². The van der Waals surface area contributed by atoms with Gasteiger partial charge in [0, 0.05) is 26.8 Å². The Hall–Kier alpha value is -1.85. The topological polar surface area (TPSA) is 69.6 Å². The smallest absolute Gasteiger partial charge is 0.407 e. The quantitative estimate of drug-likeness (QED) is 0.858. The summed E-state index contributed by atoms with van der Waals surface area (Å²) in [5.74, 6) is 0.599. The van der Waals surface area contributed by atoms with Gasteiger partial charge in [0.05, 0.1) is 12.2 Å². The van der Waals surface area contributed by atoms with E-state index in [-0.39, 0.29) is 6.54 Å². The molecule has 1 heterocycles. The van der Waals surface area contributed by atoms with Gasteiger partial charge in [-0.2, -0.15) is 0 Å². The monoisotopic (exact) mass is 238 g/mol. The van der Waals surface area contributed by atoms with Crippen LogP contribution in [0.1, 0.15) is 17.0 Å². The number of aryl methyl sites for hydroxylation is 1. The summed E-state index contributed by atoms with van der Waals surface area (Å²) in [6.45, 7) is 4.07. The van der Waals surface area contributed by atoms with Gasteiger partial charge in [0.25, 0.3) is 0 Å². The standard InChI is InChI=1S/C11H18N4O2/c1-7-8(2)12-10(14(3)4)13-9(7)6-15(5)11(16)17/h6H2,1-5H3,(H,16,17). The summed E-state index contributed by atoms with van der Waals surface area (Å²) in [6, 6.07) is 0. The summed E-state index contributed by atoms with van der Waals surface area (Å²) >= 11 is 0. The lowest BCUT2D eigenvalue weighted by molar-refractivity contribution is 0.153. The third-order valence-electron chi connectivity index (χ3n) is 2.59. The number of hydrogen-bond acceptors (Lipinski definition) is 4. The fraction of sp³-hybridized carbons (Fsp3) is 0.545. The van der Waals surface area contributed by atoms with E-state index >= 15 is 0 Å². The van der Waals surface area contributed by atoms with E-state index in [1.54, 1.807) is 4.90 Å². The van der Waals surface area contributed by atoms with Crippen molar-refractivity contribution in [2.45, 2.75) is 20.4 Å². The number of rotatable bonds is 3. The molecule has 6 nitrogen and oxygen atoms in total. The Morgan fingerprint density at radius 1 is 1.24 bits per heavy atom. The van der Waals surface area contributed by atoms with Crippen molar-refractivity contribution in [1.29, 1.82) is 0 Å². The molecule has 0 saturated heterocycles. The average Bonchev–Trinajstić information content (AvgIpc) is 2.23. The van der Waals surface area contributed by atoms with Gasteiger partial charge >= 0.3 is 6.09 Å². The summed E-state index contributed by atoms with van der Waals surface area (Å²) in [5, 5.41) is 8.85. The first-order chi connectivity index (χ1) is 7.82. The predicted molar refractivity (Wildman–Crippen MR) is 65.3 cm³/mol. The Morgan fingerprint density at radius 3 is 2.29 bits per heavy atom. The number of hydrogen-bond donors (Lipinski definition) is 1. The van der Waals surface area contributed by atoms with Crippen LogP contribution in [0.15, 0.2) is 0 Å². The van der Waals surface area contributed by atoms with Crippen molar-refractivity contribution in [3.63, 3.8) is 0 Å². The molecule has 0 aliphatic rings. The molecular weight excluding hydrogens is 220 g/mol. The summed E-state index contributed by atoms with van der Waals surface area (Å²) in [7, 11) is 5.23.